The number of fused-ring (bicyclic) bond motifs is 1. The number of hydrogen-bond donors (Lipinski definition) is 3. The van der Waals surface area contributed by atoms with Crippen molar-refractivity contribution in [3.63, 3.8) is 0 Å². The maximum atomic E-state index is 12.2. The lowest BCUT2D eigenvalue weighted by Gasteiger charge is -2.12. The second-order valence-corrected chi connectivity index (χ2v) is 7.14. The summed E-state index contributed by atoms with van der Waals surface area (Å²) in [6.45, 7) is 5.79. The van der Waals surface area contributed by atoms with E-state index in [0.717, 1.165) is 10.4 Å². The average molecular weight is 376 g/mol. The summed E-state index contributed by atoms with van der Waals surface area (Å²) < 4.78 is 0. The van der Waals surface area contributed by atoms with Crippen molar-refractivity contribution in [1.82, 2.24) is 4.98 Å². The van der Waals surface area contributed by atoms with Crippen LogP contribution in [0, 0.1) is 18.8 Å². The lowest BCUT2D eigenvalue weighted by atomic mass is 9.97. The summed E-state index contributed by atoms with van der Waals surface area (Å²) in [5, 5.41) is 1.15. The van der Waals surface area contributed by atoms with E-state index in [1.54, 1.807) is 17.4 Å². The Morgan fingerprint density at radius 2 is 1.85 bits per heavy atom. The number of benzene rings is 1. The molecule has 0 aliphatic carbocycles. The zero-order valence-electron chi connectivity index (χ0n) is 14.5. The van der Waals surface area contributed by atoms with E-state index in [4.69, 9.17) is 17.2 Å². The molecule has 0 aliphatic rings. The van der Waals surface area contributed by atoms with Crippen LogP contribution in [-0.4, -0.2) is 16.8 Å². The number of allylic oxidation sites excluding steroid dienone is 1. The van der Waals surface area contributed by atoms with E-state index in [1.807, 2.05) is 31.2 Å². The Morgan fingerprint density at radius 1 is 1.11 bits per heavy atom. The Labute approximate surface area is 159 Å². The quantitative estimate of drug-likeness (QED) is 0.607. The first-order valence-corrected chi connectivity index (χ1v) is 8.70. The molecule has 0 saturated heterocycles. The van der Waals surface area contributed by atoms with Crippen molar-refractivity contribution in [2.24, 2.45) is 11.5 Å². The number of rotatable bonds is 3. The highest BCUT2D eigenvalue weighted by molar-refractivity contribution is 7.15. The van der Waals surface area contributed by atoms with Gasteiger partial charge < -0.3 is 17.2 Å². The summed E-state index contributed by atoms with van der Waals surface area (Å²) in [5.41, 5.74) is 18.1. The van der Waals surface area contributed by atoms with Crippen LogP contribution in [0.1, 0.15) is 20.9 Å². The van der Waals surface area contributed by atoms with Gasteiger partial charge in [-0.25, -0.2) is 4.98 Å². The van der Waals surface area contributed by atoms with Crippen molar-refractivity contribution >= 4 is 45.3 Å². The van der Waals surface area contributed by atoms with Gasteiger partial charge in [-0.15, -0.1) is 11.3 Å². The van der Waals surface area contributed by atoms with E-state index in [2.05, 4.69) is 23.4 Å². The molecule has 0 atom stereocenters. The van der Waals surface area contributed by atoms with Gasteiger partial charge in [0, 0.05) is 32.0 Å². The van der Waals surface area contributed by atoms with Crippen LogP contribution in [-0.2, 0) is 4.79 Å². The molecule has 27 heavy (non-hydrogen) atoms. The van der Waals surface area contributed by atoms with E-state index < -0.39 is 11.8 Å². The first-order valence-electron chi connectivity index (χ1n) is 7.88. The van der Waals surface area contributed by atoms with E-state index in [9.17, 15) is 9.59 Å². The molecule has 0 saturated carbocycles. The second kappa shape index (κ2) is 6.94. The van der Waals surface area contributed by atoms with Crippen LogP contribution in [0.3, 0.4) is 0 Å². The number of nitrogens with zero attached hydrogens (tertiary/aromatic N) is 1. The third-order valence-electron chi connectivity index (χ3n) is 3.93. The predicted octanol–water partition coefficient (Wildman–Crippen LogP) is 2.45. The number of aryl methyl sites for hydroxylation is 1. The minimum Gasteiger partial charge on any atom is -0.383 e. The van der Waals surface area contributed by atoms with Gasteiger partial charge in [-0.1, -0.05) is 24.6 Å². The lowest BCUT2D eigenvalue weighted by molar-refractivity contribution is -0.112. The molecule has 3 rings (SSSR count). The number of aromatic nitrogens is 1. The van der Waals surface area contributed by atoms with Crippen molar-refractivity contribution in [2.45, 2.75) is 6.92 Å². The highest BCUT2D eigenvalue weighted by atomic mass is 32.1. The summed E-state index contributed by atoms with van der Waals surface area (Å²) in [5.74, 6) is 3.37. The number of hydrogen-bond acceptors (Lipinski definition) is 5. The molecule has 6 nitrogen and oxygen atoms in total. The lowest BCUT2D eigenvalue weighted by Crippen LogP contribution is -2.16. The van der Waals surface area contributed by atoms with Gasteiger partial charge in [0.05, 0.1) is 11.3 Å². The Kier molecular flexibility index (Phi) is 4.67. The molecule has 0 unspecified atom stereocenters. The zero-order valence-corrected chi connectivity index (χ0v) is 15.3. The van der Waals surface area contributed by atoms with Gasteiger partial charge in [0.15, 0.2) is 0 Å². The van der Waals surface area contributed by atoms with Crippen molar-refractivity contribution in [2.75, 3.05) is 5.73 Å². The zero-order chi connectivity index (χ0) is 19.7. The normalized spacial score (nSPS) is 10.3. The fourth-order valence-electron chi connectivity index (χ4n) is 2.75. The molecular formula is C20H16N4O2S. The number of primary amides is 2. The Morgan fingerprint density at radius 3 is 2.44 bits per heavy atom. The Hall–Kier alpha value is -3.63. The van der Waals surface area contributed by atoms with Gasteiger partial charge >= 0.3 is 0 Å². The maximum absolute atomic E-state index is 12.2. The van der Waals surface area contributed by atoms with E-state index in [1.165, 1.54) is 4.88 Å². The Balaban J connectivity index is 2.30. The molecule has 6 N–H and O–H groups in total. The van der Waals surface area contributed by atoms with E-state index >= 15 is 0 Å². The van der Waals surface area contributed by atoms with Gasteiger partial charge in [0.2, 0.25) is 0 Å². The number of thiophene rings is 1. The molecule has 134 valence electrons. The number of amides is 2. The molecule has 0 bridgehead atoms. The van der Waals surface area contributed by atoms with Crippen LogP contribution >= 0.6 is 11.3 Å². The molecule has 0 spiro atoms. The molecule has 2 aromatic heterocycles. The molecule has 0 radical (unpaired) electrons. The number of pyridine rings is 1. The van der Waals surface area contributed by atoms with Crippen LogP contribution < -0.4 is 17.2 Å². The van der Waals surface area contributed by atoms with Crippen LogP contribution in [0.15, 0.2) is 36.9 Å². The number of anilines is 1. The molecule has 0 aliphatic heterocycles. The van der Waals surface area contributed by atoms with Gasteiger partial charge in [-0.05, 0) is 30.7 Å². The number of carbonyl (C=O) groups excluding carboxylic acids is 2. The molecular weight excluding hydrogens is 360 g/mol. The molecule has 3 aromatic rings. The van der Waals surface area contributed by atoms with Gasteiger partial charge in [-0.3, -0.25) is 9.59 Å². The van der Waals surface area contributed by atoms with Crippen LogP contribution in [0.4, 0.5) is 5.82 Å². The second-order valence-electron chi connectivity index (χ2n) is 5.85. The van der Waals surface area contributed by atoms with Gasteiger partial charge in [-0.2, -0.15) is 0 Å². The summed E-state index contributed by atoms with van der Waals surface area (Å²) in [6, 6.07) is 9.59. The summed E-state index contributed by atoms with van der Waals surface area (Å²) in [6.07, 6.45) is 0. The molecule has 2 amide bonds. The van der Waals surface area contributed by atoms with Crippen LogP contribution in [0.2, 0.25) is 0 Å². The van der Waals surface area contributed by atoms with Crippen molar-refractivity contribution < 1.29 is 9.59 Å². The van der Waals surface area contributed by atoms with Crippen LogP contribution in [0.5, 0.6) is 0 Å². The standard InChI is InChI=1S/C20H16N4O2S/c1-10(3-8-16(21)25)18-17(20(23)26)14-9-12(15-7-4-11(2)27-15)5-6-13(14)19(22)24-18/h4-7,9H,1H2,2H3,(H2,21,25)(H2,22,24)(H2,23,26). The summed E-state index contributed by atoms with van der Waals surface area (Å²) in [4.78, 5) is 29.6. The molecule has 2 heterocycles. The number of carbonyl (C=O) groups is 2. The molecule has 0 fully saturated rings. The topological polar surface area (TPSA) is 125 Å². The largest absolute Gasteiger partial charge is 0.383 e. The average Bonchev–Trinajstić information content (AvgIpc) is 3.05. The minimum atomic E-state index is -0.819. The van der Waals surface area contributed by atoms with Crippen LogP contribution in [0.25, 0.3) is 26.8 Å². The third-order valence-corrected chi connectivity index (χ3v) is 4.98. The molecule has 7 heteroatoms. The SMILES string of the molecule is C=C(C#CC(N)=O)c1nc(N)c2ccc(-c3ccc(C)s3)cc2c1C(N)=O. The summed E-state index contributed by atoms with van der Waals surface area (Å²) >= 11 is 1.64. The smallest absolute Gasteiger partial charge is 0.293 e. The fourth-order valence-corrected chi connectivity index (χ4v) is 3.61. The fraction of sp³-hybridized carbons (Fsp3) is 0.0500. The molecule has 1 aromatic carbocycles. The van der Waals surface area contributed by atoms with Gasteiger partial charge in [0.25, 0.3) is 11.8 Å². The highest BCUT2D eigenvalue weighted by Gasteiger charge is 2.19. The van der Waals surface area contributed by atoms with Crippen molar-refractivity contribution in [1.29, 1.82) is 0 Å². The van der Waals surface area contributed by atoms with Crippen molar-refractivity contribution in [3.05, 3.63) is 53.0 Å². The maximum Gasteiger partial charge on any atom is 0.293 e. The first kappa shape index (κ1) is 18.2. The van der Waals surface area contributed by atoms with E-state index in [-0.39, 0.29) is 22.6 Å². The first-order chi connectivity index (χ1) is 12.8. The number of nitrogen functional groups attached to an aromatic ring is 1. The van der Waals surface area contributed by atoms with Gasteiger partial charge in [0.1, 0.15) is 5.82 Å². The third kappa shape index (κ3) is 3.52. The minimum absolute atomic E-state index is 0.133. The monoisotopic (exact) mass is 376 g/mol. The predicted molar refractivity (Wildman–Crippen MR) is 109 cm³/mol. The van der Waals surface area contributed by atoms with E-state index in [0.29, 0.717) is 10.8 Å². The Bertz CT molecular complexity index is 1180. The van der Waals surface area contributed by atoms with Crippen molar-refractivity contribution in [3.8, 4) is 22.3 Å². The number of nitrogens with two attached hydrogens (primary N) is 3. The highest BCUT2D eigenvalue weighted by Crippen LogP contribution is 2.34. The summed E-state index contributed by atoms with van der Waals surface area (Å²) in [7, 11) is 0.